The molecule has 1 aromatic carbocycles. The van der Waals surface area contributed by atoms with Crippen LogP contribution < -0.4 is 16.4 Å². The number of hydrogen-bond acceptors (Lipinski definition) is 5. The lowest BCUT2D eigenvalue weighted by molar-refractivity contribution is -0.116. The first kappa shape index (κ1) is 16.7. The van der Waals surface area contributed by atoms with Gasteiger partial charge in [-0.15, -0.1) is 0 Å². The van der Waals surface area contributed by atoms with E-state index in [4.69, 9.17) is 4.42 Å². The number of aromatic nitrogens is 1. The Labute approximate surface area is 140 Å². The summed E-state index contributed by atoms with van der Waals surface area (Å²) in [6, 6.07) is 5.56. The first-order chi connectivity index (χ1) is 11.5. The summed E-state index contributed by atoms with van der Waals surface area (Å²) in [5, 5.41) is 6.23. The van der Waals surface area contributed by atoms with Gasteiger partial charge in [0.05, 0.1) is 5.52 Å². The van der Waals surface area contributed by atoms with Gasteiger partial charge in [0.25, 0.3) is 0 Å². The van der Waals surface area contributed by atoms with E-state index in [1.54, 1.807) is 22.8 Å². The van der Waals surface area contributed by atoms with Crippen molar-refractivity contribution in [2.75, 3.05) is 32.5 Å². The van der Waals surface area contributed by atoms with Gasteiger partial charge in [0.15, 0.2) is 5.58 Å². The van der Waals surface area contributed by atoms with Crippen LogP contribution in [-0.4, -0.2) is 48.6 Å². The van der Waals surface area contributed by atoms with Crippen LogP contribution >= 0.6 is 0 Å². The minimum atomic E-state index is -0.370. The average Bonchev–Trinajstić information content (AvgIpc) is 3.12. The van der Waals surface area contributed by atoms with E-state index in [0.29, 0.717) is 29.8 Å². The molecule has 130 valence electrons. The normalized spacial score (nSPS) is 17.7. The van der Waals surface area contributed by atoms with Crippen LogP contribution in [0.15, 0.2) is 27.4 Å². The van der Waals surface area contributed by atoms with Crippen LogP contribution in [0.25, 0.3) is 11.1 Å². The minimum Gasteiger partial charge on any atom is -0.408 e. The predicted octanol–water partition coefficient (Wildman–Crippen LogP) is 1.24. The summed E-state index contributed by atoms with van der Waals surface area (Å²) >= 11 is 0. The van der Waals surface area contributed by atoms with E-state index in [1.165, 1.54) is 0 Å². The quantitative estimate of drug-likeness (QED) is 0.832. The van der Waals surface area contributed by atoms with E-state index in [1.807, 2.05) is 19.0 Å². The third kappa shape index (κ3) is 3.85. The van der Waals surface area contributed by atoms with Gasteiger partial charge in [-0.05, 0) is 51.7 Å². The fraction of sp³-hybridized carbons (Fsp3) is 0.529. The number of hydrogen-bond donors (Lipinski definition) is 2. The first-order valence-electron chi connectivity index (χ1n) is 8.34. The number of oxazole rings is 1. The number of amides is 1. The Kier molecular flexibility index (Phi) is 5.01. The lowest BCUT2D eigenvalue weighted by Gasteiger charge is -2.11. The highest BCUT2D eigenvalue weighted by molar-refractivity contribution is 5.93. The summed E-state index contributed by atoms with van der Waals surface area (Å²) in [6.07, 6.45) is 2.63. The minimum absolute atomic E-state index is 0.0144. The lowest BCUT2D eigenvalue weighted by Crippen LogP contribution is -2.27. The fourth-order valence-corrected chi connectivity index (χ4v) is 3.02. The van der Waals surface area contributed by atoms with Crippen LogP contribution in [0.1, 0.15) is 19.3 Å². The number of carbonyl (C=O) groups is 1. The van der Waals surface area contributed by atoms with E-state index >= 15 is 0 Å². The molecule has 2 aromatic rings. The largest absolute Gasteiger partial charge is 0.419 e. The van der Waals surface area contributed by atoms with Crippen molar-refractivity contribution in [2.45, 2.75) is 31.8 Å². The van der Waals surface area contributed by atoms with Crippen molar-refractivity contribution in [3.8, 4) is 0 Å². The zero-order chi connectivity index (χ0) is 17.1. The molecule has 0 saturated carbocycles. The fourth-order valence-electron chi connectivity index (χ4n) is 3.02. The lowest BCUT2D eigenvalue weighted by atomic mass is 10.1. The SMILES string of the molecule is CN(C)CCn1c(=O)oc2ccc(NC(=O)CC3CCCN3)cc21. The molecule has 1 aliphatic rings. The molecule has 2 heterocycles. The van der Waals surface area contributed by atoms with Crippen LogP contribution in [0.3, 0.4) is 0 Å². The van der Waals surface area contributed by atoms with Gasteiger partial charge in [0.2, 0.25) is 5.91 Å². The molecular weight excluding hydrogens is 308 g/mol. The third-order valence-electron chi connectivity index (χ3n) is 4.32. The Balaban J connectivity index is 1.75. The van der Waals surface area contributed by atoms with Crippen LogP contribution in [-0.2, 0) is 11.3 Å². The van der Waals surface area contributed by atoms with Gasteiger partial charge < -0.3 is 20.0 Å². The van der Waals surface area contributed by atoms with Crippen molar-refractivity contribution < 1.29 is 9.21 Å². The van der Waals surface area contributed by atoms with E-state index in [9.17, 15) is 9.59 Å². The summed E-state index contributed by atoms with van der Waals surface area (Å²) < 4.78 is 6.87. The molecule has 2 N–H and O–H groups in total. The molecule has 0 radical (unpaired) electrons. The van der Waals surface area contributed by atoms with Crippen molar-refractivity contribution in [3.05, 3.63) is 28.7 Å². The Morgan fingerprint density at radius 2 is 2.29 bits per heavy atom. The standard InChI is InChI=1S/C17H24N4O3/c1-20(2)8-9-21-14-10-13(5-6-15(14)24-17(21)23)19-16(22)11-12-4-3-7-18-12/h5-6,10,12,18H,3-4,7-9,11H2,1-2H3,(H,19,22). The second kappa shape index (κ2) is 7.19. The van der Waals surface area contributed by atoms with Crippen LogP contribution in [0.2, 0.25) is 0 Å². The molecule has 1 unspecified atom stereocenters. The van der Waals surface area contributed by atoms with Crippen molar-refractivity contribution in [2.24, 2.45) is 0 Å². The number of rotatable bonds is 6. The molecule has 1 amide bonds. The van der Waals surface area contributed by atoms with Crippen molar-refractivity contribution in [1.29, 1.82) is 0 Å². The summed E-state index contributed by atoms with van der Waals surface area (Å²) in [4.78, 5) is 26.2. The molecule has 0 aliphatic carbocycles. The predicted molar refractivity (Wildman–Crippen MR) is 93.3 cm³/mol. The third-order valence-corrected chi connectivity index (χ3v) is 4.32. The number of likely N-dealkylation sites (N-methyl/N-ethyl adjacent to an activating group) is 1. The molecule has 7 heteroatoms. The number of fused-ring (bicyclic) bond motifs is 1. The number of anilines is 1. The maximum atomic E-state index is 12.2. The highest BCUT2D eigenvalue weighted by atomic mass is 16.4. The number of carbonyl (C=O) groups excluding carboxylic acids is 1. The van der Waals surface area contributed by atoms with Gasteiger partial charge in [-0.25, -0.2) is 4.79 Å². The second-order valence-electron chi connectivity index (χ2n) is 6.55. The Morgan fingerprint density at radius 1 is 1.46 bits per heavy atom. The molecule has 1 fully saturated rings. The summed E-state index contributed by atoms with van der Waals surface area (Å²) in [5.74, 6) is -0.384. The number of benzene rings is 1. The molecule has 24 heavy (non-hydrogen) atoms. The molecule has 1 aromatic heterocycles. The Bertz CT molecular complexity index is 772. The molecular formula is C17H24N4O3. The molecule has 0 spiro atoms. The molecule has 1 aliphatic heterocycles. The van der Waals surface area contributed by atoms with Gasteiger partial charge in [-0.3, -0.25) is 9.36 Å². The van der Waals surface area contributed by atoms with Gasteiger partial charge in [-0.2, -0.15) is 0 Å². The monoisotopic (exact) mass is 332 g/mol. The molecule has 3 rings (SSSR count). The topological polar surface area (TPSA) is 79.5 Å². The first-order valence-corrected chi connectivity index (χ1v) is 8.34. The van der Waals surface area contributed by atoms with Gasteiger partial charge in [0, 0.05) is 31.2 Å². The number of nitrogens with zero attached hydrogens (tertiary/aromatic N) is 2. The maximum absolute atomic E-state index is 12.2. The molecule has 1 atom stereocenters. The second-order valence-corrected chi connectivity index (χ2v) is 6.55. The zero-order valence-corrected chi connectivity index (χ0v) is 14.2. The highest BCUT2D eigenvalue weighted by Gasteiger charge is 2.18. The number of nitrogens with one attached hydrogen (secondary N) is 2. The van der Waals surface area contributed by atoms with Crippen LogP contribution in [0, 0.1) is 0 Å². The Hall–Kier alpha value is -2.12. The summed E-state index contributed by atoms with van der Waals surface area (Å²) in [7, 11) is 3.91. The summed E-state index contributed by atoms with van der Waals surface area (Å²) in [6.45, 7) is 2.26. The van der Waals surface area contributed by atoms with Crippen molar-refractivity contribution in [3.63, 3.8) is 0 Å². The highest BCUT2D eigenvalue weighted by Crippen LogP contribution is 2.19. The van der Waals surface area contributed by atoms with Crippen LogP contribution in [0.4, 0.5) is 5.69 Å². The van der Waals surface area contributed by atoms with Gasteiger partial charge in [0.1, 0.15) is 0 Å². The van der Waals surface area contributed by atoms with E-state index < -0.39 is 0 Å². The van der Waals surface area contributed by atoms with E-state index in [-0.39, 0.29) is 17.7 Å². The van der Waals surface area contributed by atoms with E-state index in [2.05, 4.69) is 10.6 Å². The molecule has 1 saturated heterocycles. The average molecular weight is 332 g/mol. The Morgan fingerprint density at radius 3 is 3.00 bits per heavy atom. The zero-order valence-electron chi connectivity index (χ0n) is 14.2. The summed E-state index contributed by atoms with van der Waals surface area (Å²) in [5.41, 5.74) is 1.93. The van der Waals surface area contributed by atoms with Gasteiger partial charge >= 0.3 is 5.76 Å². The molecule has 0 bridgehead atoms. The van der Waals surface area contributed by atoms with Crippen molar-refractivity contribution in [1.82, 2.24) is 14.8 Å². The molecule has 7 nitrogen and oxygen atoms in total. The van der Waals surface area contributed by atoms with Crippen LogP contribution in [0.5, 0.6) is 0 Å². The maximum Gasteiger partial charge on any atom is 0.419 e. The van der Waals surface area contributed by atoms with Gasteiger partial charge in [-0.1, -0.05) is 0 Å². The smallest absolute Gasteiger partial charge is 0.408 e. The van der Waals surface area contributed by atoms with E-state index in [0.717, 1.165) is 25.9 Å². The van der Waals surface area contributed by atoms with Crippen molar-refractivity contribution >= 4 is 22.7 Å².